The third-order valence-corrected chi connectivity index (χ3v) is 0.957. The summed E-state index contributed by atoms with van der Waals surface area (Å²) in [5.74, 6) is 0. The van der Waals surface area contributed by atoms with E-state index in [4.69, 9.17) is 4.79 Å². The molecule has 0 unspecified atom stereocenters. The average molecular weight is 131 g/mol. The van der Waals surface area contributed by atoms with E-state index in [1.807, 2.05) is 0 Å². The van der Waals surface area contributed by atoms with Crippen LogP contribution in [-0.2, 0) is 4.79 Å². The van der Waals surface area contributed by atoms with E-state index < -0.39 is 0 Å². The Morgan fingerprint density at radius 1 is 1.22 bits per heavy atom. The third-order valence-electron chi connectivity index (χ3n) is 0.957. The summed E-state index contributed by atoms with van der Waals surface area (Å²) in [7, 11) is 0. The molecule has 0 radical (unpaired) electrons. The first-order valence-electron chi connectivity index (χ1n) is 3.48. The molecule has 0 fully saturated rings. The van der Waals surface area contributed by atoms with E-state index in [0.717, 1.165) is 0 Å². The van der Waals surface area contributed by atoms with Crippen LogP contribution in [0, 0.1) is 0 Å². The van der Waals surface area contributed by atoms with Crippen LogP contribution in [-0.4, -0.2) is 6.41 Å². The van der Waals surface area contributed by atoms with Gasteiger partial charge in [0.2, 0.25) is 6.41 Å². The highest BCUT2D eigenvalue weighted by molar-refractivity contribution is 5.42. The van der Waals surface area contributed by atoms with Crippen LogP contribution in [0.25, 0.3) is 0 Å². The van der Waals surface area contributed by atoms with Crippen LogP contribution in [0.1, 0.15) is 39.5 Å². The molecule has 0 heterocycles. The van der Waals surface area contributed by atoms with Crippen molar-refractivity contribution in [1.82, 2.24) is 0 Å². The van der Waals surface area contributed by atoms with Gasteiger partial charge in [0.1, 0.15) is 0 Å². The Bertz CT molecular complexity index is 42.2. The first kappa shape index (κ1) is 11.3. The zero-order valence-corrected chi connectivity index (χ0v) is 6.39. The lowest BCUT2D eigenvalue weighted by Crippen LogP contribution is -1.82. The fraction of sp³-hybridized carbons (Fsp3) is 0.857. The number of hydrogen-bond donors (Lipinski definition) is 1. The van der Waals surface area contributed by atoms with Gasteiger partial charge in [-0.1, -0.05) is 39.5 Å². The summed E-state index contributed by atoms with van der Waals surface area (Å²) < 4.78 is 0. The maximum atomic E-state index is 8.58. The molecule has 0 aromatic rings. The second-order valence-electron chi connectivity index (χ2n) is 1.84. The second kappa shape index (κ2) is 15.6. The predicted molar refractivity (Wildman–Crippen MR) is 40.1 cm³/mol. The van der Waals surface area contributed by atoms with Crippen molar-refractivity contribution < 1.29 is 4.79 Å². The van der Waals surface area contributed by atoms with Crippen molar-refractivity contribution in [3.8, 4) is 0 Å². The Balaban J connectivity index is 0. The Hall–Kier alpha value is -0.530. The minimum atomic E-state index is 0.250. The summed E-state index contributed by atoms with van der Waals surface area (Å²) in [6.45, 7) is 4.46. The SMILES string of the molecule is CCCCCC.NC=O. The fourth-order valence-corrected chi connectivity index (χ4v) is 0.500. The van der Waals surface area contributed by atoms with Gasteiger partial charge in [0.15, 0.2) is 0 Å². The van der Waals surface area contributed by atoms with Gasteiger partial charge in [-0.05, 0) is 0 Å². The molecular formula is C7H17NO. The quantitative estimate of drug-likeness (QED) is 0.459. The molecule has 0 spiro atoms. The topological polar surface area (TPSA) is 43.1 Å². The first-order valence-corrected chi connectivity index (χ1v) is 3.48. The third kappa shape index (κ3) is 36.6. The standard InChI is InChI=1S/C6H14.CH3NO/c1-3-5-6-4-2;2-1-3/h3-6H2,1-2H3;1H,(H2,2,3). The van der Waals surface area contributed by atoms with Crippen LogP contribution in [0.4, 0.5) is 0 Å². The van der Waals surface area contributed by atoms with Crippen LogP contribution in [0.2, 0.25) is 0 Å². The van der Waals surface area contributed by atoms with E-state index in [1.165, 1.54) is 25.7 Å². The minimum Gasteiger partial charge on any atom is -0.372 e. The Labute approximate surface area is 57.4 Å². The molecule has 0 aliphatic heterocycles. The first-order chi connectivity index (χ1) is 4.33. The van der Waals surface area contributed by atoms with Crippen molar-refractivity contribution >= 4 is 6.41 Å². The normalized spacial score (nSPS) is 7.33. The summed E-state index contributed by atoms with van der Waals surface area (Å²) in [5, 5.41) is 0. The second-order valence-corrected chi connectivity index (χ2v) is 1.84. The molecule has 2 N–H and O–H groups in total. The summed E-state index contributed by atoms with van der Waals surface area (Å²) >= 11 is 0. The van der Waals surface area contributed by atoms with Crippen LogP contribution in [0.5, 0.6) is 0 Å². The smallest absolute Gasteiger partial charge is 0.204 e. The summed E-state index contributed by atoms with van der Waals surface area (Å²) in [5.41, 5.74) is 4.17. The molecule has 0 aliphatic carbocycles. The largest absolute Gasteiger partial charge is 0.372 e. The molecule has 0 atom stereocenters. The van der Waals surface area contributed by atoms with E-state index in [-0.39, 0.29) is 6.41 Å². The van der Waals surface area contributed by atoms with Gasteiger partial charge in [-0.2, -0.15) is 0 Å². The maximum Gasteiger partial charge on any atom is 0.204 e. The van der Waals surface area contributed by atoms with Crippen molar-refractivity contribution in [3.05, 3.63) is 0 Å². The Morgan fingerprint density at radius 3 is 1.56 bits per heavy atom. The van der Waals surface area contributed by atoms with Gasteiger partial charge in [-0.15, -0.1) is 0 Å². The summed E-state index contributed by atoms with van der Waals surface area (Å²) in [4.78, 5) is 8.58. The van der Waals surface area contributed by atoms with E-state index in [1.54, 1.807) is 0 Å². The minimum absolute atomic E-state index is 0.250. The van der Waals surface area contributed by atoms with Gasteiger partial charge in [0.25, 0.3) is 0 Å². The number of amides is 1. The molecule has 1 amide bonds. The zero-order valence-electron chi connectivity index (χ0n) is 6.39. The van der Waals surface area contributed by atoms with Crippen LogP contribution in [0.15, 0.2) is 0 Å². The predicted octanol–water partition coefficient (Wildman–Crippen LogP) is 1.69. The van der Waals surface area contributed by atoms with Crippen molar-refractivity contribution in [2.24, 2.45) is 5.73 Å². The number of primary amides is 1. The van der Waals surface area contributed by atoms with Gasteiger partial charge >= 0.3 is 0 Å². The van der Waals surface area contributed by atoms with Crippen LogP contribution in [0.3, 0.4) is 0 Å². The molecule has 2 nitrogen and oxygen atoms in total. The molecule has 0 rings (SSSR count). The highest BCUT2D eigenvalue weighted by Crippen LogP contribution is 1.95. The summed E-state index contributed by atoms with van der Waals surface area (Å²) in [6.07, 6.45) is 5.79. The van der Waals surface area contributed by atoms with Crippen molar-refractivity contribution in [2.75, 3.05) is 0 Å². The van der Waals surface area contributed by atoms with E-state index in [2.05, 4.69) is 19.6 Å². The average Bonchev–Trinajstić information content (AvgIpc) is 1.86. The van der Waals surface area contributed by atoms with Crippen LogP contribution >= 0.6 is 0 Å². The van der Waals surface area contributed by atoms with Crippen LogP contribution < -0.4 is 5.73 Å². The Kier molecular flexibility index (Phi) is 19.6. The van der Waals surface area contributed by atoms with Gasteiger partial charge in [0, 0.05) is 0 Å². The lowest BCUT2D eigenvalue weighted by Gasteiger charge is -1.86. The number of hydrogen-bond acceptors (Lipinski definition) is 1. The number of carbonyl (C=O) groups excluding carboxylic acids is 1. The molecule has 9 heavy (non-hydrogen) atoms. The molecular weight excluding hydrogens is 114 g/mol. The number of carbonyl (C=O) groups is 1. The molecule has 0 aliphatic rings. The van der Waals surface area contributed by atoms with E-state index in [9.17, 15) is 0 Å². The summed E-state index contributed by atoms with van der Waals surface area (Å²) in [6, 6.07) is 0. The molecule has 56 valence electrons. The van der Waals surface area contributed by atoms with Crippen molar-refractivity contribution in [2.45, 2.75) is 39.5 Å². The van der Waals surface area contributed by atoms with Crippen molar-refractivity contribution in [3.63, 3.8) is 0 Å². The molecule has 0 aromatic heterocycles. The molecule has 2 heteroatoms. The van der Waals surface area contributed by atoms with Gasteiger partial charge in [0.05, 0.1) is 0 Å². The van der Waals surface area contributed by atoms with Gasteiger partial charge in [-0.3, -0.25) is 4.79 Å². The molecule has 0 aromatic carbocycles. The monoisotopic (exact) mass is 131 g/mol. The lowest BCUT2D eigenvalue weighted by atomic mass is 10.2. The van der Waals surface area contributed by atoms with E-state index in [0.29, 0.717) is 0 Å². The molecule has 0 saturated heterocycles. The van der Waals surface area contributed by atoms with Crippen molar-refractivity contribution in [1.29, 1.82) is 0 Å². The molecule has 0 bridgehead atoms. The highest BCUT2D eigenvalue weighted by Gasteiger charge is 1.75. The number of nitrogens with two attached hydrogens (primary N) is 1. The number of rotatable bonds is 3. The Morgan fingerprint density at radius 2 is 1.44 bits per heavy atom. The maximum absolute atomic E-state index is 8.58. The van der Waals surface area contributed by atoms with Gasteiger partial charge < -0.3 is 5.73 Å². The van der Waals surface area contributed by atoms with Gasteiger partial charge in [-0.25, -0.2) is 0 Å². The lowest BCUT2D eigenvalue weighted by molar-refractivity contribution is -0.106. The number of unbranched alkanes of at least 4 members (excludes halogenated alkanes) is 3. The molecule has 0 saturated carbocycles. The van der Waals surface area contributed by atoms with E-state index >= 15 is 0 Å². The zero-order chi connectivity index (χ0) is 7.54. The highest BCUT2D eigenvalue weighted by atomic mass is 16.1. The fourth-order valence-electron chi connectivity index (χ4n) is 0.500.